The van der Waals surface area contributed by atoms with Gasteiger partial charge in [-0.3, -0.25) is 13.9 Å². The van der Waals surface area contributed by atoms with E-state index in [9.17, 15) is 9.59 Å². The topological polar surface area (TPSA) is 131 Å². The molecule has 28 heavy (non-hydrogen) atoms. The van der Waals surface area contributed by atoms with Gasteiger partial charge in [0.05, 0.1) is 12.7 Å². The highest BCUT2D eigenvalue weighted by Crippen LogP contribution is 2.15. The predicted octanol–water partition coefficient (Wildman–Crippen LogP) is 0.0261. The molecule has 0 unspecified atom stereocenters. The smallest absolute Gasteiger partial charge is 0.332 e. The zero-order valence-electron chi connectivity index (χ0n) is 15.7. The number of aryl methyl sites for hydroxylation is 3. The molecule has 4 rings (SSSR count). The van der Waals surface area contributed by atoms with Gasteiger partial charge < -0.3 is 14.9 Å². The van der Waals surface area contributed by atoms with E-state index in [4.69, 9.17) is 5.73 Å². The van der Waals surface area contributed by atoms with Crippen LogP contribution in [0.2, 0.25) is 0 Å². The lowest BCUT2D eigenvalue weighted by Crippen LogP contribution is -2.39. The van der Waals surface area contributed by atoms with Crippen LogP contribution in [0.5, 0.6) is 0 Å². The van der Waals surface area contributed by atoms with E-state index in [0.717, 1.165) is 19.4 Å². The second-order valence-electron chi connectivity index (χ2n) is 6.76. The monoisotopic (exact) mass is 383 g/mol. The van der Waals surface area contributed by atoms with Gasteiger partial charge in [-0.15, -0.1) is 0 Å². The number of nitrogens with zero attached hydrogens (tertiary/aromatic N) is 8. The van der Waals surface area contributed by atoms with Crippen molar-refractivity contribution in [3.63, 3.8) is 0 Å². The molecule has 11 heteroatoms. The van der Waals surface area contributed by atoms with Crippen LogP contribution in [0.25, 0.3) is 22.3 Å². The van der Waals surface area contributed by atoms with E-state index in [2.05, 4.69) is 19.9 Å². The Morgan fingerprint density at radius 3 is 2.54 bits per heavy atom. The van der Waals surface area contributed by atoms with Crippen LogP contribution < -0.4 is 17.0 Å². The molecule has 0 spiro atoms. The summed E-state index contributed by atoms with van der Waals surface area (Å²) in [6.45, 7) is 1.09. The van der Waals surface area contributed by atoms with Gasteiger partial charge in [-0.2, -0.15) is 0 Å². The molecule has 0 aromatic carbocycles. The molecule has 0 bridgehead atoms. The van der Waals surface area contributed by atoms with Crippen LogP contribution >= 0.6 is 0 Å². The van der Waals surface area contributed by atoms with Gasteiger partial charge in [0, 0.05) is 27.2 Å². The van der Waals surface area contributed by atoms with E-state index in [1.165, 1.54) is 15.5 Å². The summed E-state index contributed by atoms with van der Waals surface area (Å²) in [6, 6.07) is 0. The van der Waals surface area contributed by atoms with Gasteiger partial charge in [0.15, 0.2) is 22.6 Å². The number of nitrogens with two attached hydrogens (primary N) is 1. The van der Waals surface area contributed by atoms with Gasteiger partial charge in [-0.1, -0.05) is 0 Å². The van der Waals surface area contributed by atoms with Crippen LogP contribution in [-0.2, 0) is 27.2 Å². The minimum Gasteiger partial charge on any atom is -0.382 e. The zero-order chi connectivity index (χ0) is 19.8. The fourth-order valence-corrected chi connectivity index (χ4v) is 3.38. The lowest BCUT2D eigenvalue weighted by Gasteiger charge is -2.09. The van der Waals surface area contributed by atoms with E-state index in [0.29, 0.717) is 41.1 Å². The van der Waals surface area contributed by atoms with E-state index in [1.54, 1.807) is 31.3 Å². The highest BCUT2D eigenvalue weighted by molar-refractivity contribution is 5.81. The molecule has 0 aliphatic heterocycles. The Balaban J connectivity index is 1.43. The van der Waals surface area contributed by atoms with Gasteiger partial charge in [0.1, 0.15) is 11.8 Å². The number of anilines is 1. The number of imidazole rings is 2. The number of hydrogen-bond acceptors (Lipinski definition) is 7. The third-order valence-corrected chi connectivity index (χ3v) is 4.91. The molecule has 11 nitrogen and oxygen atoms in total. The number of hydrogen-bond donors (Lipinski definition) is 1. The molecule has 4 aromatic rings. The van der Waals surface area contributed by atoms with Crippen molar-refractivity contribution >= 4 is 28.1 Å². The summed E-state index contributed by atoms with van der Waals surface area (Å²) in [5.41, 5.74) is 7.30. The molecule has 4 aromatic heterocycles. The van der Waals surface area contributed by atoms with Gasteiger partial charge in [0.2, 0.25) is 0 Å². The number of unbranched alkanes of at least 4 members (excludes halogenated alkanes) is 2. The number of nitrogen functional groups attached to an aromatic ring is 1. The zero-order valence-corrected chi connectivity index (χ0v) is 15.7. The first-order valence-corrected chi connectivity index (χ1v) is 9.01. The van der Waals surface area contributed by atoms with Crippen molar-refractivity contribution in [2.45, 2.75) is 32.4 Å². The van der Waals surface area contributed by atoms with Gasteiger partial charge in [-0.25, -0.2) is 24.7 Å². The Morgan fingerprint density at radius 2 is 1.71 bits per heavy atom. The third-order valence-electron chi connectivity index (χ3n) is 4.91. The fourth-order valence-electron chi connectivity index (χ4n) is 3.38. The predicted molar refractivity (Wildman–Crippen MR) is 104 cm³/mol. The van der Waals surface area contributed by atoms with Crippen LogP contribution in [0.4, 0.5) is 5.82 Å². The maximum atomic E-state index is 12.7. The van der Waals surface area contributed by atoms with Crippen LogP contribution in [0.15, 0.2) is 28.6 Å². The quantitative estimate of drug-likeness (QED) is 0.464. The molecule has 0 amide bonds. The number of aromatic nitrogens is 8. The van der Waals surface area contributed by atoms with E-state index in [-0.39, 0.29) is 11.2 Å². The summed E-state index contributed by atoms with van der Waals surface area (Å²) in [4.78, 5) is 41.7. The number of fused-ring (bicyclic) bond motifs is 2. The lowest BCUT2D eigenvalue weighted by molar-refractivity contribution is 0.520. The summed E-state index contributed by atoms with van der Waals surface area (Å²) >= 11 is 0. The minimum atomic E-state index is -0.344. The Hall–Kier alpha value is -3.50. The molecule has 0 atom stereocenters. The maximum Gasteiger partial charge on any atom is 0.332 e. The summed E-state index contributed by atoms with van der Waals surface area (Å²) in [5, 5.41) is 0. The number of rotatable bonds is 6. The first-order chi connectivity index (χ1) is 13.5. The molecule has 0 aliphatic rings. The molecule has 4 heterocycles. The van der Waals surface area contributed by atoms with Crippen molar-refractivity contribution in [1.29, 1.82) is 0 Å². The van der Waals surface area contributed by atoms with Crippen molar-refractivity contribution in [1.82, 2.24) is 38.2 Å². The van der Waals surface area contributed by atoms with Crippen LogP contribution in [0.1, 0.15) is 19.3 Å². The first kappa shape index (κ1) is 17.9. The minimum absolute atomic E-state index is 0.300. The van der Waals surface area contributed by atoms with E-state index in [1.807, 2.05) is 4.57 Å². The Bertz CT molecular complexity index is 1280. The van der Waals surface area contributed by atoms with Gasteiger partial charge in [0.25, 0.3) is 5.56 Å². The standard InChI is InChI=1S/C17H21N9O2/c1-23-9-22-15-12(23)16(27)26(17(28)24(15)2)7-5-3-4-6-25-10-21-11-13(18)19-8-20-14(11)25/h8-10H,3-7H2,1-2H3,(H2,18,19,20). The van der Waals surface area contributed by atoms with E-state index >= 15 is 0 Å². The summed E-state index contributed by atoms with van der Waals surface area (Å²) in [5.74, 6) is 0.365. The average molecular weight is 383 g/mol. The molecule has 0 radical (unpaired) electrons. The molecule has 0 saturated carbocycles. The molecule has 0 aliphatic carbocycles. The SMILES string of the molecule is Cn1cnc2c1c(=O)n(CCCCCn1cnc3c(N)ncnc31)c(=O)n2C. The first-order valence-electron chi connectivity index (χ1n) is 9.01. The summed E-state index contributed by atoms with van der Waals surface area (Å²) in [7, 11) is 3.38. The normalized spacial score (nSPS) is 11.6. The molecular weight excluding hydrogens is 362 g/mol. The van der Waals surface area contributed by atoms with Crippen molar-refractivity contribution in [2.75, 3.05) is 5.73 Å². The molecule has 0 fully saturated rings. The maximum absolute atomic E-state index is 12.7. The van der Waals surface area contributed by atoms with Crippen LogP contribution in [0, 0.1) is 0 Å². The third kappa shape index (κ3) is 2.84. The van der Waals surface area contributed by atoms with Crippen molar-refractivity contribution < 1.29 is 0 Å². The van der Waals surface area contributed by atoms with Crippen molar-refractivity contribution in [2.24, 2.45) is 14.1 Å². The van der Waals surface area contributed by atoms with E-state index < -0.39 is 0 Å². The highest BCUT2D eigenvalue weighted by Gasteiger charge is 2.14. The summed E-state index contributed by atoms with van der Waals surface area (Å²) in [6.07, 6.45) is 7.08. The molecular formula is C17H21N9O2. The fraction of sp³-hybridized carbons (Fsp3) is 0.412. The molecule has 0 saturated heterocycles. The highest BCUT2D eigenvalue weighted by atomic mass is 16.2. The average Bonchev–Trinajstić information content (AvgIpc) is 3.27. The Morgan fingerprint density at radius 1 is 0.929 bits per heavy atom. The lowest BCUT2D eigenvalue weighted by atomic mass is 10.2. The van der Waals surface area contributed by atoms with Crippen LogP contribution in [0.3, 0.4) is 0 Å². The van der Waals surface area contributed by atoms with Gasteiger partial charge >= 0.3 is 5.69 Å². The molecule has 2 N–H and O–H groups in total. The largest absolute Gasteiger partial charge is 0.382 e. The second-order valence-corrected chi connectivity index (χ2v) is 6.76. The van der Waals surface area contributed by atoms with Gasteiger partial charge in [-0.05, 0) is 19.3 Å². The van der Waals surface area contributed by atoms with Crippen LogP contribution in [-0.4, -0.2) is 38.2 Å². The Labute approximate surface area is 159 Å². The Kier molecular flexibility index (Phi) is 4.41. The molecule has 146 valence electrons. The second kappa shape index (κ2) is 6.91. The summed E-state index contributed by atoms with van der Waals surface area (Å²) < 4.78 is 6.27. The van der Waals surface area contributed by atoms with Crippen molar-refractivity contribution in [3.8, 4) is 0 Å². The van der Waals surface area contributed by atoms with Crippen molar-refractivity contribution in [3.05, 3.63) is 39.8 Å².